The van der Waals surface area contributed by atoms with Gasteiger partial charge in [0.25, 0.3) is 0 Å². The number of aromatic amines is 2. The second-order valence-corrected chi connectivity index (χ2v) is 3.88. The number of H-pyrrole nitrogens is 2. The number of hydrogen-bond acceptors (Lipinski definition) is 3. The van der Waals surface area contributed by atoms with Crippen LogP contribution in [0.1, 0.15) is 0 Å². The van der Waals surface area contributed by atoms with Crippen molar-refractivity contribution in [2.45, 2.75) is 0 Å². The van der Waals surface area contributed by atoms with Gasteiger partial charge in [0, 0.05) is 18.0 Å². The Morgan fingerprint density at radius 2 is 2.00 bits per heavy atom. The van der Waals surface area contributed by atoms with Gasteiger partial charge in [0.1, 0.15) is 5.82 Å². The molecule has 1 aromatic carbocycles. The molecule has 6 heteroatoms. The molecular weight excluding hydrogens is 230 g/mol. The van der Waals surface area contributed by atoms with Gasteiger partial charge in [-0.3, -0.25) is 9.67 Å². The van der Waals surface area contributed by atoms with Crippen molar-refractivity contribution in [2.75, 3.05) is 5.73 Å². The average Bonchev–Trinajstić information content (AvgIpc) is 2.98. The topological polar surface area (TPSA) is 92.5 Å². The highest BCUT2D eigenvalue weighted by atomic mass is 16.1. The van der Waals surface area contributed by atoms with Crippen LogP contribution in [0, 0.1) is 0 Å². The molecule has 0 saturated heterocycles. The molecule has 0 aliphatic carbocycles. The first-order chi connectivity index (χ1) is 8.75. The maximum Gasteiger partial charge on any atom is 0.330 e. The van der Waals surface area contributed by atoms with E-state index >= 15 is 0 Å². The predicted octanol–water partition coefficient (Wildman–Crippen LogP) is 1.14. The van der Waals surface area contributed by atoms with E-state index < -0.39 is 0 Å². The molecule has 0 amide bonds. The second-order valence-electron chi connectivity index (χ2n) is 3.88. The molecular formula is C12H11N5O. The molecule has 4 N–H and O–H groups in total. The molecule has 6 nitrogen and oxygen atoms in total. The Morgan fingerprint density at radius 1 is 1.22 bits per heavy atom. The first kappa shape index (κ1) is 10.4. The van der Waals surface area contributed by atoms with Crippen LogP contribution in [-0.4, -0.2) is 19.7 Å². The molecule has 0 aliphatic heterocycles. The minimum atomic E-state index is -0.162. The van der Waals surface area contributed by atoms with Gasteiger partial charge in [-0.15, -0.1) is 0 Å². The molecule has 2 aromatic heterocycles. The third-order valence-corrected chi connectivity index (χ3v) is 2.77. The van der Waals surface area contributed by atoms with Gasteiger partial charge in [-0.05, 0) is 17.7 Å². The second kappa shape index (κ2) is 3.92. The zero-order valence-electron chi connectivity index (χ0n) is 9.42. The number of rotatable bonds is 2. The van der Waals surface area contributed by atoms with E-state index in [4.69, 9.17) is 5.73 Å². The predicted molar refractivity (Wildman–Crippen MR) is 68.4 cm³/mol. The summed E-state index contributed by atoms with van der Waals surface area (Å²) in [6, 6.07) is 7.51. The van der Waals surface area contributed by atoms with Crippen molar-refractivity contribution in [3.05, 3.63) is 53.3 Å². The molecule has 2 heterocycles. The lowest BCUT2D eigenvalue weighted by Gasteiger charge is -2.03. The van der Waals surface area contributed by atoms with E-state index in [-0.39, 0.29) is 5.69 Å². The minimum Gasteiger partial charge on any atom is -0.384 e. The maximum absolute atomic E-state index is 11.5. The molecule has 0 unspecified atom stereocenters. The third-order valence-electron chi connectivity index (χ3n) is 2.77. The number of nitrogens with zero attached hydrogens (tertiary/aromatic N) is 2. The quantitative estimate of drug-likeness (QED) is 0.628. The van der Waals surface area contributed by atoms with Crippen molar-refractivity contribution in [3.8, 4) is 16.8 Å². The Balaban J connectivity index is 2.02. The van der Waals surface area contributed by atoms with Gasteiger partial charge in [0.05, 0.1) is 11.9 Å². The van der Waals surface area contributed by atoms with Crippen molar-refractivity contribution >= 4 is 5.82 Å². The highest BCUT2D eigenvalue weighted by Crippen LogP contribution is 2.24. The molecule has 0 spiro atoms. The molecule has 0 aliphatic rings. The van der Waals surface area contributed by atoms with Crippen LogP contribution in [-0.2, 0) is 0 Å². The fourth-order valence-corrected chi connectivity index (χ4v) is 1.85. The van der Waals surface area contributed by atoms with E-state index in [1.165, 1.54) is 4.57 Å². The van der Waals surface area contributed by atoms with Crippen LogP contribution in [0.5, 0.6) is 0 Å². The number of nitrogens with one attached hydrogen (secondary N) is 2. The first-order valence-corrected chi connectivity index (χ1v) is 5.41. The monoisotopic (exact) mass is 241 g/mol. The number of nitrogens with two attached hydrogens (primary N) is 1. The summed E-state index contributed by atoms with van der Waals surface area (Å²) in [7, 11) is 0. The molecule has 0 atom stereocenters. The Kier molecular flexibility index (Phi) is 2.26. The summed E-state index contributed by atoms with van der Waals surface area (Å²) < 4.78 is 1.53. The van der Waals surface area contributed by atoms with Gasteiger partial charge in [-0.25, -0.2) is 4.79 Å². The summed E-state index contributed by atoms with van der Waals surface area (Å²) in [6.45, 7) is 0. The summed E-state index contributed by atoms with van der Waals surface area (Å²) in [4.78, 5) is 14.1. The number of hydrogen-bond donors (Lipinski definition) is 3. The third kappa shape index (κ3) is 1.60. The van der Waals surface area contributed by atoms with E-state index in [2.05, 4.69) is 15.2 Å². The first-order valence-electron chi connectivity index (χ1n) is 5.41. The Hall–Kier alpha value is -2.76. The summed E-state index contributed by atoms with van der Waals surface area (Å²) >= 11 is 0. The molecule has 18 heavy (non-hydrogen) atoms. The Labute approximate surface area is 102 Å². The Morgan fingerprint density at radius 3 is 2.56 bits per heavy atom. The van der Waals surface area contributed by atoms with E-state index in [0.717, 1.165) is 16.8 Å². The largest absolute Gasteiger partial charge is 0.384 e. The molecule has 3 rings (SSSR count). The van der Waals surface area contributed by atoms with Crippen LogP contribution in [0.3, 0.4) is 0 Å². The van der Waals surface area contributed by atoms with E-state index in [1.807, 2.05) is 24.3 Å². The van der Waals surface area contributed by atoms with Crippen LogP contribution in [0.2, 0.25) is 0 Å². The molecule has 0 bridgehead atoms. The van der Waals surface area contributed by atoms with Crippen molar-refractivity contribution in [1.29, 1.82) is 0 Å². The van der Waals surface area contributed by atoms with Crippen molar-refractivity contribution in [1.82, 2.24) is 19.7 Å². The van der Waals surface area contributed by atoms with Gasteiger partial charge in [-0.2, -0.15) is 5.10 Å². The fourth-order valence-electron chi connectivity index (χ4n) is 1.85. The molecule has 3 aromatic rings. The molecule has 90 valence electrons. The van der Waals surface area contributed by atoms with Gasteiger partial charge in [0.15, 0.2) is 0 Å². The smallest absolute Gasteiger partial charge is 0.330 e. The average molecular weight is 241 g/mol. The standard InChI is InChI=1S/C12H11N5O/c13-11-10(7-15-16-11)8-1-3-9(4-2-8)17-6-5-14-12(17)18/h1-7H,(H,14,18)(H3,13,15,16). The van der Waals surface area contributed by atoms with Gasteiger partial charge < -0.3 is 10.7 Å². The molecule has 0 fully saturated rings. The van der Waals surface area contributed by atoms with Crippen LogP contribution < -0.4 is 11.4 Å². The zero-order chi connectivity index (χ0) is 12.5. The molecule has 0 saturated carbocycles. The van der Waals surface area contributed by atoms with Crippen LogP contribution in [0.25, 0.3) is 16.8 Å². The summed E-state index contributed by atoms with van der Waals surface area (Å²) in [5, 5.41) is 6.56. The van der Waals surface area contributed by atoms with Crippen LogP contribution in [0.15, 0.2) is 47.7 Å². The van der Waals surface area contributed by atoms with E-state index in [1.54, 1.807) is 18.6 Å². The number of nitrogen functional groups attached to an aromatic ring is 1. The number of benzene rings is 1. The Bertz CT molecular complexity index is 719. The minimum absolute atomic E-state index is 0.162. The lowest BCUT2D eigenvalue weighted by Crippen LogP contribution is -2.13. The highest BCUT2D eigenvalue weighted by Gasteiger charge is 2.05. The lowest BCUT2D eigenvalue weighted by atomic mass is 10.1. The zero-order valence-corrected chi connectivity index (χ0v) is 9.42. The van der Waals surface area contributed by atoms with Crippen LogP contribution in [0.4, 0.5) is 5.82 Å². The summed E-state index contributed by atoms with van der Waals surface area (Å²) in [6.07, 6.45) is 4.96. The van der Waals surface area contributed by atoms with Crippen molar-refractivity contribution in [3.63, 3.8) is 0 Å². The highest BCUT2D eigenvalue weighted by molar-refractivity contribution is 5.73. The van der Waals surface area contributed by atoms with Gasteiger partial charge in [-0.1, -0.05) is 12.1 Å². The normalized spacial score (nSPS) is 10.7. The van der Waals surface area contributed by atoms with E-state index in [9.17, 15) is 4.79 Å². The van der Waals surface area contributed by atoms with Crippen LogP contribution >= 0.6 is 0 Å². The van der Waals surface area contributed by atoms with E-state index in [0.29, 0.717) is 5.82 Å². The lowest BCUT2D eigenvalue weighted by molar-refractivity contribution is 0.988. The molecule has 0 radical (unpaired) electrons. The number of imidazole rings is 1. The van der Waals surface area contributed by atoms with Crippen molar-refractivity contribution < 1.29 is 0 Å². The fraction of sp³-hybridized carbons (Fsp3) is 0. The summed E-state index contributed by atoms with van der Waals surface area (Å²) in [5.74, 6) is 0.529. The SMILES string of the molecule is Nc1[nH]ncc1-c1ccc(-n2cc[nH]c2=O)cc1. The number of anilines is 1. The maximum atomic E-state index is 11.5. The van der Waals surface area contributed by atoms with Gasteiger partial charge >= 0.3 is 5.69 Å². The number of aromatic nitrogens is 4. The summed E-state index contributed by atoms with van der Waals surface area (Å²) in [5.41, 5.74) is 8.19. The van der Waals surface area contributed by atoms with Crippen molar-refractivity contribution in [2.24, 2.45) is 0 Å². The van der Waals surface area contributed by atoms with Gasteiger partial charge in [0.2, 0.25) is 0 Å².